The van der Waals surface area contributed by atoms with Gasteiger partial charge in [-0.25, -0.2) is 0 Å². The Bertz CT molecular complexity index is 1050. The first kappa shape index (κ1) is 23.3. The molecule has 6 nitrogen and oxygen atoms in total. The van der Waals surface area contributed by atoms with Crippen LogP contribution in [-0.4, -0.2) is 49.1 Å². The number of carbonyl (C=O) groups is 1. The van der Waals surface area contributed by atoms with Gasteiger partial charge in [0, 0.05) is 35.7 Å². The second-order valence-corrected chi connectivity index (χ2v) is 10.3. The molecule has 2 N–H and O–H groups in total. The topological polar surface area (TPSA) is 66.6 Å². The Morgan fingerprint density at radius 1 is 1.24 bits per heavy atom. The number of H-pyrrole nitrogens is 1. The summed E-state index contributed by atoms with van der Waals surface area (Å²) >= 11 is 0. The quantitative estimate of drug-likeness (QED) is 0.460. The van der Waals surface area contributed by atoms with Crippen LogP contribution in [0.25, 0.3) is 10.9 Å². The van der Waals surface area contributed by atoms with E-state index >= 15 is 0 Å². The van der Waals surface area contributed by atoms with E-state index in [-0.39, 0.29) is 17.9 Å². The van der Waals surface area contributed by atoms with Gasteiger partial charge in [-0.1, -0.05) is 38.7 Å². The SMILES string of the molecule is CC[C@@H]1CN2CCc3c([nH]c4cccc(OC)c34)[C@@H]2C[C@@H]1/C(=C\OC)C(=O)NC1CCCCC1. The summed E-state index contributed by atoms with van der Waals surface area (Å²) in [7, 11) is 3.41. The van der Waals surface area contributed by atoms with Gasteiger partial charge in [0.1, 0.15) is 5.75 Å². The Balaban J connectivity index is 1.45. The Hall–Kier alpha value is -2.47. The van der Waals surface area contributed by atoms with Crippen molar-refractivity contribution in [3.63, 3.8) is 0 Å². The van der Waals surface area contributed by atoms with Gasteiger partial charge in [-0.15, -0.1) is 0 Å². The van der Waals surface area contributed by atoms with E-state index in [0.29, 0.717) is 12.0 Å². The molecule has 34 heavy (non-hydrogen) atoms. The molecular formula is C28H39N3O3. The minimum absolute atomic E-state index is 0.0694. The van der Waals surface area contributed by atoms with Crippen molar-refractivity contribution in [2.45, 2.75) is 70.4 Å². The number of hydrogen-bond acceptors (Lipinski definition) is 4. The first-order chi connectivity index (χ1) is 16.6. The Morgan fingerprint density at radius 3 is 2.79 bits per heavy atom. The number of nitrogens with one attached hydrogen (secondary N) is 2. The van der Waals surface area contributed by atoms with Crippen molar-refractivity contribution in [1.29, 1.82) is 0 Å². The number of amides is 1. The van der Waals surface area contributed by atoms with E-state index in [4.69, 9.17) is 9.47 Å². The summed E-state index contributed by atoms with van der Waals surface area (Å²) in [6.07, 6.45) is 10.6. The largest absolute Gasteiger partial charge is 0.504 e. The average molecular weight is 466 g/mol. The van der Waals surface area contributed by atoms with Crippen LogP contribution in [0.5, 0.6) is 5.75 Å². The number of benzene rings is 1. The lowest BCUT2D eigenvalue weighted by atomic mass is 9.73. The van der Waals surface area contributed by atoms with Crippen LogP contribution in [-0.2, 0) is 16.0 Å². The summed E-state index contributed by atoms with van der Waals surface area (Å²) in [4.78, 5) is 19.9. The Labute approximate surface area is 203 Å². The van der Waals surface area contributed by atoms with E-state index < -0.39 is 0 Å². The van der Waals surface area contributed by atoms with Crippen LogP contribution in [0.4, 0.5) is 0 Å². The lowest BCUT2D eigenvalue weighted by Crippen LogP contribution is -2.48. The van der Waals surface area contributed by atoms with E-state index in [1.54, 1.807) is 20.5 Å². The van der Waals surface area contributed by atoms with Gasteiger partial charge in [0.05, 0.1) is 32.1 Å². The summed E-state index contributed by atoms with van der Waals surface area (Å²) in [5.41, 5.74) is 4.64. The van der Waals surface area contributed by atoms with Crippen LogP contribution in [0.15, 0.2) is 30.0 Å². The third kappa shape index (κ3) is 4.21. The highest BCUT2D eigenvalue weighted by molar-refractivity contribution is 5.94. The number of aromatic amines is 1. The van der Waals surface area contributed by atoms with Crippen LogP contribution >= 0.6 is 0 Å². The molecule has 184 valence electrons. The maximum Gasteiger partial charge on any atom is 0.250 e. The smallest absolute Gasteiger partial charge is 0.250 e. The number of nitrogens with zero attached hydrogens (tertiary/aromatic N) is 1. The molecular weight excluding hydrogens is 426 g/mol. The van der Waals surface area contributed by atoms with Crippen LogP contribution in [0, 0.1) is 11.8 Å². The minimum atomic E-state index is 0.0694. The van der Waals surface area contributed by atoms with Gasteiger partial charge in [0.15, 0.2) is 0 Å². The highest BCUT2D eigenvalue weighted by atomic mass is 16.5. The van der Waals surface area contributed by atoms with Gasteiger partial charge in [-0.05, 0) is 55.2 Å². The molecule has 1 aliphatic carbocycles. The van der Waals surface area contributed by atoms with E-state index in [1.807, 2.05) is 6.07 Å². The van der Waals surface area contributed by atoms with Crippen molar-refractivity contribution in [2.75, 3.05) is 27.3 Å². The fourth-order valence-corrected chi connectivity index (χ4v) is 6.70. The first-order valence-electron chi connectivity index (χ1n) is 13.1. The molecule has 3 atom stereocenters. The molecule has 1 amide bonds. The molecule has 1 aromatic carbocycles. The molecule has 3 heterocycles. The molecule has 6 heteroatoms. The molecule has 1 saturated carbocycles. The summed E-state index contributed by atoms with van der Waals surface area (Å²) in [6.45, 7) is 4.31. The molecule has 2 aliphatic heterocycles. The molecule has 0 radical (unpaired) electrons. The highest BCUT2D eigenvalue weighted by Crippen LogP contribution is 2.47. The lowest BCUT2D eigenvalue weighted by Gasteiger charge is -2.46. The second kappa shape index (κ2) is 10.0. The normalized spacial score (nSPS) is 26.1. The van der Waals surface area contributed by atoms with Crippen LogP contribution in [0.1, 0.15) is 69.2 Å². The van der Waals surface area contributed by atoms with E-state index in [9.17, 15) is 4.79 Å². The van der Waals surface area contributed by atoms with Crippen molar-refractivity contribution in [2.24, 2.45) is 11.8 Å². The summed E-state index contributed by atoms with van der Waals surface area (Å²) in [5, 5.41) is 4.57. The van der Waals surface area contributed by atoms with Crippen molar-refractivity contribution in [3.05, 3.63) is 41.3 Å². The van der Waals surface area contributed by atoms with Crippen molar-refractivity contribution < 1.29 is 14.3 Å². The van der Waals surface area contributed by atoms with Gasteiger partial charge < -0.3 is 19.8 Å². The molecule has 3 aliphatic rings. The number of rotatable bonds is 6. The van der Waals surface area contributed by atoms with Gasteiger partial charge in [0.2, 0.25) is 0 Å². The van der Waals surface area contributed by atoms with E-state index in [0.717, 1.165) is 62.0 Å². The van der Waals surface area contributed by atoms with Crippen LogP contribution in [0.2, 0.25) is 0 Å². The van der Waals surface area contributed by atoms with E-state index in [2.05, 4.69) is 34.3 Å². The number of hydrogen-bond donors (Lipinski definition) is 2. The third-order valence-electron chi connectivity index (χ3n) is 8.45. The zero-order chi connectivity index (χ0) is 23.7. The average Bonchev–Trinajstić information content (AvgIpc) is 3.26. The maximum absolute atomic E-state index is 13.5. The molecule has 2 aromatic rings. The zero-order valence-corrected chi connectivity index (χ0v) is 20.9. The van der Waals surface area contributed by atoms with Crippen LogP contribution in [0.3, 0.4) is 0 Å². The van der Waals surface area contributed by atoms with Crippen molar-refractivity contribution >= 4 is 16.8 Å². The fraction of sp³-hybridized carbons (Fsp3) is 0.607. The second-order valence-electron chi connectivity index (χ2n) is 10.3. The fourth-order valence-electron chi connectivity index (χ4n) is 6.70. The summed E-state index contributed by atoms with van der Waals surface area (Å²) < 4.78 is 11.2. The predicted octanol–water partition coefficient (Wildman–Crippen LogP) is 5.10. The number of aromatic nitrogens is 1. The molecule has 0 spiro atoms. The molecule has 5 rings (SSSR count). The molecule has 0 bridgehead atoms. The van der Waals surface area contributed by atoms with Gasteiger partial charge >= 0.3 is 0 Å². The van der Waals surface area contributed by atoms with Gasteiger partial charge in [-0.3, -0.25) is 9.69 Å². The summed E-state index contributed by atoms with van der Waals surface area (Å²) in [5.74, 6) is 1.62. The standard InChI is InChI=1S/C28H39N3O3/c1-4-18-16-31-14-13-20-26-23(11-8-12-25(26)34-3)30-27(20)24(31)15-21(18)22(17-33-2)28(32)29-19-9-6-5-7-10-19/h8,11-12,17-19,21,24,30H,4-7,9-10,13-16H2,1-3H3,(H,29,32)/b22-17+/t18-,21+,24+/m1/s1. The Kier molecular flexibility index (Phi) is 6.87. The summed E-state index contributed by atoms with van der Waals surface area (Å²) in [6, 6.07) is 6.81. The predicted molar refractivity (Wildman–Crippen MR) is 135 cm³/mol. The van der Waals surface area contributed by atoms with Gasteiger partial charge in [0.25, 0.3) is 5.91 Å². The monoisotopic (exact) mass is 465 g/mol. The third-order valence-corrected chi connectivity index (χ3v) is 8.45. The number of methoxy groups -OCH3 is 2. The molecule has 0 unspecified atom stereocenters. The highest BCUT2D eigenvalue weighted by Gasteiger charge is 2.42. The van der Waals surface area contributed by atoms with Crippen molar-refractivity contribution in [3.8, 4) is 5.75 Å². The first-order valence-corrected chi connectivity index (χ1v) is 13.1. The number of fused-ring (bicyclic) bond motifs is 5. The van der Waals surface area contributed by atoms with Crippen LogP contribution < -0.4 is 10.1 Å². The van der Waals surface area contributed by atoms with E-state index in [1.165, 1.54) is 35.9 Å². The lowest BCUT2D eigenvalue weighted by molar-refractivity contribution is -0.119. The minimum Gasteiger partial charge on any atom is -0.504 e. The molecule has 1 aromatic heterocycles. The number of ether oxygens (including phenoxy) is 2. The zero-order valence-electron chi connectivity index (χ0n) is 20.9. The number of carbonyl (C=O) groups excluding carboxylic acids is 1. The maximum atomic E-state index is 13.5. The molecule has 2 fully saturated rings. The number of piperidine rings is 1. The van der Waals surface area contributed by atoms with Crippen molar-refractivity contribution in [1.82, 2.24) is 15.2 Å². The van der Waals surface area contributed by atoms with Gasteiger partial charge in [-0.2, -0.15) is 0 Å². The molecule has 1 saturated heterocycles. The Morgan fingerprint density at radius 2 is 2.06 bits per heavy atom.